The zero-order chi connectivity index (χ0) is 11.4. The van der Waals surface area contributed by atoms with Crippen molar-refractivity contribution < 1.29 is 9.53 Å². The Kier molecular flexibility index (Phi) is 4.09. The minimum Gasteiger partial charge on any atom is -0.380 e. The average molecular weight is 239 g/mol. The van der Waals surface area contributed by atoms with Gasteiger partial charge in [-0.3, -0.25) is 9.69 Å². The van der Waals surface area contributed by atoms with Crippen LogP contribution in [0.15, 0.2) is 17.5 Å². The summed E-state index contributed by atoms with van der Waals surface area (Å²) < 4.78 is 5.34. The molecule has 2 heterocycles. The zero-order valence-electron chi connectivity index (χ0n) is 9.52. The highest BCUT2D eigenvalue weighted by Gasteiger charge is 2.21. The van der Waals surface area contributed by atoms with Gasteiger partial charge in [-0.05, 0) is 30.8 Å². The second-order valence-corrected chi connectivity index (χ2v) is 5.08. The smallest absolute Gasteiger partial charge is 0.186 e. The fourth-order valence-electron chi connectivity index (χ4n) is 2.07. The van der Waals surface area contributed by atoms with E-state index in [9.17, 15) is 4.79 Å². The number of carbonyl (C=O) groups is 1. The first kappa shape index (κ1) is 11.8. The fraction of sp³-hybridized carbons (Fsp3) is 0.583. The topological polar surface area (TPSA) is 29.5 Å². The van der Waals surface area contributed by atoms with Crippen LogP contribution in [-0.2, 0) is 4.74 Å². The third kappa shape index (κ3) is 2.90. The van der Waals surface area contributed by atoms with Gasteiger partial charge in [-0.1, -0.05) is 6.07 Å². The lowest BCUT2D eigenvalue weighted by molar-refractivity contribution is 0.0315. The highest BCUT2D eigenvalue weighted by atomic mass is 32.1. The van der Waals surface area contributed by atoms with Crippen LogP contribution in [-0.4, -0.2) is 43.5 Å². The molecule has 0 aliphatic carbocycles. The number of hydrogen-bond donors (Lipinski definition) is 0. The molecule has 1 fully saturated rings. The maximum atomic E-state index is 11.9. The molecule has 0 radical (unpaired) electrons. The maximum Gasteiger partial charge on any atom is 0.186 e. The minimum absolute atomic E-state index is 0.228. The number of likely N-dealkylation sites (tertiary alicyclic amines) is 1. The van der Waals surface area contributed by atoms with Crippen molar-refractivity contribution in [1.82, 2.24) is 4.90 Å². The summed E-state index contributed by atoms with van der Waals surface area (Å²) in [6, 6.07) is 3.82. The lowest BCUT2D eigenvalue weighted by Gasteiger charge is -2.31. The normalized spacial score (nSPS) is 22.2. The first-order valence-electron chi connectivity index (χ1n) is 5.61. The summed E-state index contributed by atoms with van der Waals surface area (Å²) in [6.07, 6.45) is 2.53. The third-order valence-corrected chi connectivity index (χ3v) is 3.87. The van der Waals surface area contributed by atoms with Gasteiger partial charge in [0.1, 0.15) is 0 Å². The summed E-state index contributed by atoms with van der Waals surface area (Å²) in [7, 11) is 1.75. The van der Waals surface area contributed by atoms with Crippen molar-refractivity contribution in [2.45, 2.75) is 18.9 Å². The van der Waals surface area contributed by atoms with Gasteiger partial charge >= 0.3 is 0 Å². The molecule has 1 atom stereocenters. The highest BCUT2D eigenvalue weighted by Crippen LogP contribution is 2.15. The molecule has 16 heavy (non-hydrogen) atoms. The second-order valence-electron chi connectivity index (χ2n) is 4.14. The number of rotatable bonds is 4. The molecule has 0 N–H and O–H groups in total. The van der Waals surface area contributed by atoms with E-state index in [-0.39, 0.29) is 5.78 Å². The van der Waals surface area contributed by atoms with Crippen LogP contribution in [0.3, 0.4) is 0 Å². The molecular weight excluding hydrogens is 222 g/mol. The average Bonchev–Trinajstić information content (AvgIpc) is 2.83. The number of piperidine rings is 1. The largest absolute Gasteiger partial charge is 0.380 e. The van der Waals surface area contributed by atoms with E-state index in [2.05, 4.69) is 4.90 Å². The number of nitrogens with zero attached hydrogens (tertiary/aromatic N) is 1. The standard InChI is InChI=1S/C12H17NO2S/c1-15-10-4-2-6-13(8-10)9-11(14)12-5-3-7-16-12/h3,5,7,10H,2,4,6,8-9H2,1H3. The third-order valence-electron chi connectivity index (χ3n) is 2.96. The molecule has 0 amide bonds. The predicted molar refractivity (Wildman–Crippen MR) is 65.1 cm³/mol. The number of Topliss-reactive ketones (excluding diaryl/α,β-unsaturated/α-hetero) is 1. The van der Waals surface area contributed by atoms with Crippen LogP contribution in [0.25, 0.3) is 0 Å². The van der Waals surface area contributed by atoms with Gasteiger partial charge in [0.25, 0.3) is 0 Å². The lowest BCUT2D eigenvalue weighted by atomic mass is 10.1. The second kappa shape index (κ2) is 5.57. The van der Waals surface area contributed by atoms with Crippen molar-refractivity contribution in [2.24, 2.45) is 0 Å². The molecule has 3 nitrogen and oxygen atoms in total. The lowest BCUT2D eigenvalue weighted by Crippen LogP contribution is -2.41. The molecule has 4 heteroatoms. The van der Waals surface area contributed by atoms with E-state index in [4.69, 9.17) is 4.74 Å². The maximum absolute atomic E-state index is 11.9. The Labute approximate surface area is 100 Å². The summed E-state index contributed by atoms with van der Waals surface area (Å²) in [5.41, 5.74) is 0. The molecule has 0 spiro atoms. The van der Waals surface area contributed by atoms with E-state index in [0.29, 0.717) is 12.6 Å². The molecule has 1 unspecified atom stereocenters. The monoisotopic (exact) mass is 239 g/mol. The van der Waals surface area contributed by atoms with E-state index in [1.165, 1.54) is 11.3 Å². The highest BCUT2D eigenvalue weighted by molar-refractivity contribution is 7.12. The summed E-state index contributed by atoms with van der Waals surface area (Å²) in [5, 5.41) is 1.95. The van der Waals surface area contributed by atoms with Crippen LogP contribution >= 0.6 is 11.3 Å². The molecule has 0 aromatic carbocycles. The van der Waals surface area contributed by atoms with Crippen LogP contribution in [0, 0.1) is 0 Å². The van der Waals surface area contributed by atoms with Crippen molar-refractivity contribution in [3.05, 3.63) is 22.4 Å². The van der Waals surface area contributed by atoms with Gasteiger partial charge in [0, 0.05) is 13.7 Å². The first-order valence-corrected chi connectivity index (χ1v) is 6.49. The van der Waals surface area contributed by atoms with Crippen molar-refractivity contribution >= 4 is 17.1 Å². The van der Waals surface area contributed by atoms with Crippen LogP contribution in [0.1, 0.15) is 22.5 Å². The van der Waals surface area contributed by atoms with Gasteiger partial charge in [-0.15, -0.1) is 11.3 Å². The van der Waals surface area contributed by atoms with Crippen LogP contribution in [0.5, 0.6) is 0 Å². The Morgan fingerprint density at radius 3 is 3.25 bits per heavy atom. The molecule has 0 saturated carbocycles. The SMILES string of the molecule is COC1CCCN(CC(=O)c2cccs2)C1. The Balaban J connectivity index is 1.87. The zero-order valence-corrected chi connectivity index (χ0v) is 10.3. The predicted octanol–water partition coefficient (Wildman–Crippen LogP) is 2.04. The van der Waals surface area contributed by atoms with Crippen LogP contribution in [0.4, 0.5) is 0 Å². The van der Waals surface area contributed by atoms with Crippen molar-refractivity contribution in [2.75, 3.05) is 26.7 Å². The van der Waals surface area contributed by atoms with Crippen molar-refractivity contribution in [3.8, 4) is 0 Å². The van der Waals surface area contributed by atoms with Gasteiger partial charge in [0.2, 0.25) is 0 Å². The Morgan fingerprint density at radius 2 is 2.56 bits per heavy atom. The molecular formula is C12H17NO2S. The van der Waals surface area contributed by atoms with Gasteiger partial charge < -0.3 is 4.74 Å². The van der Waals surface area contributed by atoms with Crippen LogP contribution < -0.4 is 0 Å². The summed E-state index contributed by atoms with van der Waals surface area (Å²) in [4.78, 5) is 15.0. The van der Waals surface area contributed by atoms with Gasteiger partial charge in [-0.2, -0.15) is 0 Å². The molecule has 1 aromatic rings. The molecule has 2 rings (SSSR count). The number of ketones is 1. The molecule has 88 valence electrons. The van der Waals surface area contributed by atoms with Crippen molar-refractivity contribution in [1.29, 1.82) is 0 Å². The van der Waals surface area contributed by atoms with E-state index < -0.39 is 0 Å². The number of carbonyl (C=O) groups excluding carboxylic acids is 1. The summed E-state index contributed by atoms with van der Waals surface area (Å²) >= 11 is 1.52. The molecule has 0 bridgehead atoms. The molecule has 1 saturated heterocycles. The van der Waals surface area contributed by atoms with E-state index in [1.807, 2.05) is 17.5 Å². The van der Waals surface area contributed by atoms with E-state index in [1.54, 1.807) is 7.11 Å². The number of ether oxygens (including phenoxy) is 1. The van der Waals surface area contributed by atoms with Crippen LogP contribution in [0.2, 0.25) is 0 Å². The summed E-state index contributed by atoms with van der Waals surface area (Å²) in [6.45, 7) is 2.42. The molecule has 1 aliphatic rings. The van der Waals surface area contributed by atoms with Gasteiger partial charge in [-0.25, -0.2) is 0 Å². The Bertz CT molecular complexity index is 337. The fourth-order valence-corrected chi connectivity index (χ4v) is 2.72. The van der Waals surface area contributed by atoms with E-state index >= 15 is 0 Å². The minimum atomic E-state index is 0.228. The summed E-state index contributed by atoms with van der Waals surface area (Å²) in [5.74, 6) is 0.228. The van der Waals surface area contributed by atoms with Crippen molar-refractivity contribution in [3.63, 3.8) is 0 Å². The quantitative estimate of drug-likeness (QED) is 0.753. The number of methoxy groups -OCH3 is 1. The van der Waals surface area contributed by atoms with Gasteiger partial charge in [0.15, 0.2) is 5.78 Å². The first-order chi connectivity index (χ1) is 7.79. The molecule has 1 aromatic heterocycles. The number of thiophene rings is 1. The molecule has 1 aliphatic heterocycles. The number of hydrogen-bond acceptors (Lipinski definition) is 4. The van der Waals surface area contributed by atoms with E-state index in [0.717, 1.165) is 30.8 Å². The Hall–Kier alpha value is -0.710. The van der Waals surface area contributed by atoms with Gasteiger partial charge in [0.05, 0.1) is 17.5 Å². The Morgan fingerprint density at radius 1 is 1.69 bits per heavy atom.